The number of nitrogens with zero attached hydrogens (tertiary/aromatic N) is 4. The van der Waals surface area contributed by atoms with Crippen molar-refractivity contribution < 1.29 is 18.3 Å². The number of halogens is 3. The van der Waals surface area contributed by atoms with Crippen LogP contribution in [0.4, 0.5) is 19.1 Å². The maximum absolute atomic E-state index is 13.4. The van der Waals surface area contributed by atoms with E-state index in [2.05, 4.69) is 20.3 Å². The number of aromatic nitrogens is 4. The zero-order valence-electron chi connectivity index (χ0n) is 19.2. The van der Waals surface area contributed by atoms with Crippen LogP contribution >= 0.6 is 0 Å². The van der Waals surface area contributed by atoms with Gasteiger partial charge in [-0.15, -0.1) is 0 Å². The fraction of sp³-hybridized carbons (Fsp3) is 0.148. The monoisotopic (exact) mass is 489 g/mol. The minimum atomic E-state index is -4.49. The Morgan fingerprint density at radius 2 is 1.78 bits per heavy atom. The number of anilines is 1. The number of imidazole rings is 1. The van der Waals surface area contributed by atoms with Crippen LogP contribution in [0.1, 0.15) is 29.7 Å². The van der Waals surface area contributed by atoms with Gasteiger partial charge in [0, 0.05) is 18.0 Å². The van der Waals surface area contributed by atoms with E-state index < -0.39 is 11.7 Å². The van der Waals surface area contributed by atoms with Gasteiger partial charge in [0.05, 0.1) is 35.3 Å². The lowest BCUT2D eigenvalue weighted by molar-refractivity contribution is -0.137. The third-order valence-electron chi connectivity index (χ3n) is 5.87. The van der Waals surface area contributed by atoms with Crippen molar-refractivity contribution in [2.24, 2.45) is 0 Å². The molecule has 3 aromatic heterocycles. The van der Waals surface area contributed by atoms with Crippen molar-refractivity contribution in [2.75, 3.05) is 5.32 Å². The number of fused-ring (bicyclic) bond motifs is 1. The standard InChI is InChI=1S/C27H22F3N5O/c1-17(19-6-3-2-4-7-19)32-26-31-13-12-22(33-26)25-24(20-8-5-9-21(14-20)27(28,29)30)34-23-11-10-18(16-36)15-35(23)25/h2-15,17,36H,16H2,1H3,(H,31,32,33)/t17-/m0/s1. The summed E-state index contributed by atoms with van der Waals surface area (Å²) in [7, 11) is 0. The van der Waals surface area contributed by atoms with E-state index in [1.807, 2.05) is 37.3 Å². The van der Waals surface area contributed by atoms with Crippen molar-refractivity contribution in [2.45, 2.75) is 25.7 Å². The Hall–Kier alpha value is -4.24. The molecule has 0 unspecified atom stereocenters. The topological polar surface area (TPSA) is 75.3 Å². The summed E-state index contributed by atoms with van der Waals surface area (Å²) in [5.41, 5.74) is 3.05. The Kier molecular flexibility index (Phi) is 6.15. The van der Waals surface area contributed by atoms with Gasteiger partial charge in [0.2, 0.25) is 5.95 Å². The zero-order chi connectivity index (χ0) is 25.3. The van der Waals surface area contributed by atoms with Gasteiger partial charge >= 0.3 is 6.18 Å². The largest absolute Gasteiger partial charge is 0.416 e. The lowest BCUT2D eigenvalue weighted by Gasteiger charge is -2.15. The van der Waals surface area contributed by atoms with Crippen LogP contribution < -0.4 is 5.32 Å². The number of benzene rings is 2. The molecule has 2 aromatic carbocycles. The van der Waals surface area contributed by atoms with Crippen LogP contribution in [0.5, 0.6) is 0 Å². The fourth-order valence-corrected chi connectivity index (χ4v) is 4.05. The number of aliphatic hydroxyl groups excluding tert-OH is 1. The maximum Gasteiger partial charge on any atom is 0.416 e. The molecule has 5 aromatic rings. The van der Waals surface area contributed by atoms with Gasteiger partial charge in [0.15, 0.2) is 0 Å². The molecule has 5 rings (SSSR count). The highest BCUT2D eigenvalue weighted by molar-refractivity contribution is 5.81. The van der Waals surface area contributed by atoms with E-state index in [1.165, 1.54) is 6.07 Å². The van der Waals surface area contributed by atoms with Gasteiger partial charge in [0.1, 0.15) is 5.65 Å². The van der Waals surface area contributed by atoms with Crippen LogP contribution in [0.3, 0.4) is 0 Å². The van der Waals surface area contributed by atoms with Crippen LogP contribution in [-0.4, -0.2) is 24.5 Å². The van der Waals surface area contributed by atoms with E-state index in [-0.39, 0.29) is 12.6 Å². The van der Waals surface area contributed by atoms with Crippen molar-refractivity contribution in [3.8, 4) is 22.6 Å². The van der Waals surface area contributed by atoms with Crippen LogP contribution in [0.2, 0.25) is 0 Å². The van der Waals surface area contributed by atoms with Crippen LogP contribution in [0, 0.1) is 0 Å². The van der Waals surface area contributed by atoms with Gasteiger partial charge in [-0.05, 0) is 42.3 Å². The van der Waals surface area contributed by atoms with Gasteiger partial charge in [0.25, 0.3) is 0 Å². The number of pyridine rings is 1. The van der Waals surface area contributed by atoms with Gasteiger partial charge in [-0.25, -0.2) is 15.0 Å². The molecule has 0 aliphatic carbocycles. The Morgan fingerprint density at radius 3 is 2.53 bits per heavy atom. The molecule has 182 valence electrons. The lowest BCUT2D eigenvalue weighted by atomic mass is 10.0. The third kappa shape index (κ3) is 4.65. The minimum Gasteiger partial charge on any atom is -0.392 e. The van der Waals surface area contributed by atoms with Crippen LogP contribution in [0.25, 0.3) is 28.3 Å². The number of rotatable bonds is 6. The molecule has 0 amide bonds. The first-order chi connectivity index (χ1) is 17.3. The summed E-state index contributed by atoms with van der Waals surface area (Å²) in [4.78, 5) is 13.6. The van der Waals surface area contributed by atoms with E-state index in [4.69, 9.17) is 0 Å². The summed E-state index contributed by atoms with van der Waals surface area (Å²) in [5.74, 6) is 0.368. The molecule has 6 nitrogen and oxygen atoms in total. The molecule has 0 radical (unpaired) electrons. The molecule has 0 aliphatic heterocycles. The van der Waals surface area contributed by atoms with Crippen molar-refractivity contribution in [3.05, 3.63) is 102 Å². The Balaban J connectivity index is 1.64. The Morgan fingerprint density at radius 1 is 0.972 bits per heavy atom. The van der Waals surface area contributed by atoms with Crippen molar-refractivity contribution in [1.29, 1.82) is 0 Å². The molecule has 0 aliphatic rings. The molecule has 3 heterocycles. The summed E-state index contributed by atoms with van der Waals surface area (Å²) >= 11 is 0. The second-order valence-electron chi connectivity index (χ2n) is 8.35. The predicted octanol–water partition coefficient (Wildman–Crippen LogP) is 6.14. The van der Waals surface area contributed by atoms with E-state index in [0.29, 0.717) is 39.8 Å². The fourth-order valence-electron chi connectivity index (χ4n) is 4.05. The number of hydrogen-bond donors (Lipinski definition) is 2. The molecule has 2 N–H and O–H groups in total. The number of aliphatic hydroxyl groups is 1. The van der Waals surface area contributed by atoms with Gasteiger partial charge in [-0.1, -0.05) is 48.5 Å². The van der Waals surface area contributed by atoms with Gasteiger partial charge in [-0.3, -0.25) is 4.40 Å². The van der Waals surface area contributed by atoms with Crippen LogP contribution in [-0.2, 0) is 12.8 Å². The predicted molar refractivity (Wildman–Crippen MR) is 131 cm³/mol. The lowest BCUT2D eigenvalue weighted by Crippen LogP contribution is -2.09. The second-order valence-corrected chi connectivity index (χ2v) is 8.35. The summed E-state index contributed by atoms with van der Waals surface area (Å²) in [6.07, 6.45) is -1.19. The molecule has 0 fully saturated rings. The molecule has 0 spiro atoms. The van der Waals surface area contributed by atoms with Gasteiger partial charge < -0.3 is 10.4 Å². The second kappa shape index (κ2) is 9.43. The molecule has 0 saturated carbocycles. The maximum atomic E-state index is 13.4. The molecule has 0 bridgehead atoms. The van der Waals surface area contributed by atoms with Crippen molar-refractivity contribution in [1.82, 2.24) is 19.4 Å². The normalized spacial score (nSPS) is 12.6. The van der Waals surface area contributed by atoms with E-state index in [9.17, 15) is 18.3 Å². The Labute approximate surface area is 205 Å². The minimum absolute atomic E-state index is 0.0763. The van der Waals surface area contributed by atoms with E-state index in [0.717, 1.165) is 17.7 Å². The summed E-state index contributed by atoms with van der Waals surface area (Å²) < 4.78 is 42.1. The zero-order valence-corrected chi connectivity index (χ0v) is 19.2. The van der Waals surface area contributed by atoms with E-state index >= 15 is 0 Å². The van der Waals surface area contributed by atoms with Crippen LogP contribution in [0.15, 0.2) is 85.2 Å². The highest BCUT2D eigenvalue weighted by atomic mass is 19.4. The molecular formula is C27H22F3N5O. The quantitative estimate of drug-likeness (QED) is 0.300. The first-order valence-corrected chi connectivity index (χ1v) is 11.3. The first kappa shape index (κ1) is 23.5. The first-order valence-electron chi connectivity index (χ1n) is 11.3. The third-order valence-corrected chi connectivity index (χ3v) is 5.87. The summed E-state index contributed by atoms with van der Waals surface area (Å²) in [6.45, 7) is 1.79. The Bertz CT molecular complexity index is 1520. The average Bonchev–Trinajstić information content (AvgIpc) is 3.27. The highest BCUT2D eigenvalue weighted by Crippen LogP contribution is 2.36. The number of hydrogen-bond acceptors (Lipinski definition) is 5. The molecular weight excluding hydrogens is 467 g/mol. The molecule has 9 heteroatoms. The number of nitrogens with one attached hydrogen (secondary N) is 1. The summed E-state index contributed by atoms with van der Waals surface area (Å²) in [6, 6.07) is 19.9. The smallest absolute Gasteiger partial charge is 0.392 e. The molecule has 0 saturated heterocycles. The van der Waals surface area contributed by atoms with Gasteiger partial charge in [-0.2, -0.15) is 13.2 Å². The molecule has 1 atom stereocenters. The average molecular weight is 490 g/mol. The summed E-state index contributed by atoms with van der Waals surface area (Å²) in [5, 5.41) is 12.9. The SMILES string of the molecule is C[C@H](Nc1nccc(-c2c(-c3cccc(C(F)(F)F)c3)nc3ccc(CO)cn23)n1)c1ccccc1. The van der Waals surface area contributed by atoms with E-state index in [1.54, 1.807) is 41.1 Å². The molecule has 36 heavy (non-hydrogen) atoms. The number of alkyl halides is 3. The van der Waals surface area contributed by atoms with Crippen molar-refractivity contribution in [3.63, 3.8) is 0 Å². The highest BCUT2D eigenvalue weighted by Gasteiger charge is 2.31. The van der Waals surface area contributed by atoms with Crippen molar-refractivity contribution >= 4 is 11.6 Å².